The molecule has 0 aromatic heterocycles. The van der Waals surface area contributed by atoms with Gasteiger partial charge in [-0.25, -0.2) is 21.4 Å². The minimum absolute atomic E-state index is 0. The number of hydrogen-bond donors (Lipinski definition) is 0. The fraction of sp³-hybridized carbons (Fsp3) is 0.389. The molecule has 0 fully saturated rings. The smallest absolute Gasteiger partial charge is 0.748 e. The predicted molar refractivity (Wildman–Crippen MR) is 184 cm³/mol. The van der Waals surface area contributed by atoms with Crippen LogP contribution in [0.5, 0.6) is 0 Å². The molecule has 2 aliphatic heterocycles. The van der Waals surface area contributed by atoms with Crippen LogP contribution >= 0.6 is 11.6 Å². The van der Waals surface area contributed by atoms with E-state index in [1.165, 1.54) is 12.1 Å². The summed E-state index contributed by atoms with van der Waals surface area (Å²) in [5.74, 6) is -0.428. The van der Waals surface area contributed by atoms with Gasteiger partial charge in [0.15, 0.2) is 5.71 Å². The minimum Gasteiger partial charge on any atom is -0.748 e. The maximum atomic E-state index is 11.8. The van der Waals surface area contributed by atoms with Gasteiger partial charge >= 0.3 is 154 Å². The molecule has 2 heterocycles. The van der Waals surface area contributed by atoms with Gasteiger partial charge in [0, 0.05) is 45.5 Å². The molecule has 252 valence electrons. The molecule has 0 spiro atoms. The van der Waals surface area contributed by atoms with Crippen LogP contribution in [-0.4, -0.2) is 55.1 Å². The largest absolute Gasteiger partial charge is 1.00 e. The Kier molecular flexibility index (Phi) is 18.6. The third kappa shape index (κ3) is 10.6. The third-order valence-electron chi connectivity index (χ3n) is 9.39. The molecule has 2 aromatic rings. The molecule has 5 rings (SSSR count). The summed E-state index contributed by atoms with van der Waals surface area (Å²) in [5, 5.41) is 0.673. The summed E-state index contributed by atoms with van der Waals surface area (Å²) in [4.78, 5) is 1.88. The molecule has 3 aliphatic rings. The molecule has 0 atom stereocenters. The second-order valence-corrected chi connectivity index (χ2v) is 16.5. The monoisotopic (exact) mass is 812 g/mol. The summed E-state index contributed by atoms with van der Waals surface area (Å²) in [6.45, 7) is 13.3. The van der Waals surface area contributed by atoms with Crippen LogP contribution in [0.1, 0.15) is 70.9 Å². The van der Waals surface area contributed by atoms with Crippen molar-refractivity contribution in [1.82, 2.24) is 0 Å². The van der Waals surface area contributed by atoms with Crippen molar-refractivity contribution in [1.29, 1.82) is 0 Å². The van der Waals surface area contributed by atoms with E-state index in [0.717, 1.165) is 64.3 Å². The normalized spacial score (nSPS) is 19.7. The fourth-order valence-electron chi connectivity index (χ4n) is 6.98. The first-order valence-electron chi connectivity index (χ1n) is 15.7. The van der Waals surface area contributed by atoms with E-state index < -0.39 is 31.4 Å². The Bertz CT molecular complexity index is 1980. The maximum Gasteiger partial charge on any atom is 1.00 e. The van der Waals surface area contributed by atoms with E-state index in [2.05, 4.69) is 42.4 Å². The first kappa shape index (κ1) is 48.0. The molecule has 0 bridgehead atoms. The number of allylic oxidation sites excluding steroid dienone is 8. The van der Waals surface area contributed by atoms with E-state index in [0.29, 0.717) is 24.5 Å². The number of nitrogens with zero attached hydrogens (tertiary/aromatic N) is 2. The Morgan fingerprint density at radius 3 is 2.32 bits per heavy atom. The van der Waals surface area contributed by atoms with Gasteiger partial charge in [-0.3, -0.25) is 0 Å². The molecule has 14 heteroatoms. The van der Waals surface area contributed by atoms with Crippen LogP contribution in [0.4, 0.5) is 11.4 Å². The van der Waals surface area contributed by atoms with E-state index in [1.54, 1.807) is 6.07 Å². The standard InChI is InChI=1S/C36H42ClN2O6S2.3K/c1-6-21-38-31-18-17-27(47(43,44)45)24-29(31)36(4,5)33(38)20-16-26-12-9-11-25(34(26)37)15-19-32-35(2,3)28-13-7-8-14-30(28)39(32)22-10-23-46(40,41)42;;;/h8,13-20,24H,1,6,9-12,21-23H2,2-5H3,(H,40,41,42)(H,43,44,45);;;/q-1;3*+1/p-2. The van der Waals surface area contributed by atoms with Crippen molar-refractivity contribution in [3.63, 3.8) is 0 Å². The van der Waals surface area contributed by atoms with Crippen LogP contribution in [0.25, 0.3) is 0 Å². The van der Waals surface area contributed by atoms with Crippen molar-refractivity contribution in [2.24, 2.45) is 0 Å². The van der Waals surface area contributed by atoms with E-state index in [-0.39, 0.29) is 171 Å². The van der Waals surface area contributed by atoms with Gasteiger partial charge in [0.2, 0.25) is 0 Å². The second-order valence-electron chi connectivity index (χ2n) is 13.3. The van der Waals surface area contributed by atoms with E-state index in [1.807, 2.05) is 50.3 Å². The molecule has 50 heavy (non-hydrogen) atoms. The quantitative estimate of drug-likeness (QED) is 0.116. The Labute approximate surface area is 431 Å². The van der Waals surface area contributed by atoms with Gasteiger partial charge in [0.05, 0.1) is 15.0 Å². The van der Waals surface area contributed by atoms with Gasteiger partial charge in [-0.1, -0.05) is 57.0 Å². The zero-order valence-corrected chi connectivity index (χ0v) is 41.9. The summed E-state index contributed by atoms with van der Waals surface area (Å²) in [6, 6.07) is 13.5. The summed E-state index contributed by atoms with van der Waals surface area (Å²) in [5.41, 5.74) is 6.66. The molecule has 0 amide bonds. The van der Waals surface area contributed by atoms with E-state index in [9.17, 15) is 25.9 Å². The number of fused-ring (bicyclic) bond motifs is 2. The Morgan fingerprint density at radius 1 is 0.980 bits per heavy atom. The molecule has 2 aromatic carbocycles. The second kappa shape index (κ2) is 19.4. The van der Waals surface area contributed by atoms with E-state index in [4.69, 9.17) is 11.6 Å². The zero-order valence-electron chi connectivity index (χ0n) is 30.2. The van der Waals surface area contributed by atoms with Gasteiger partial charge in [0.1, 0.15) is 22.4 Å². The molecule has 0 saturated heterocycles. The van der Waals surface area contributed by atoms with Crippen molar-refractivity contribution in [3.05, 3.63) is 107 Å². The molecule has 1 aliphatic carbocycles. The van der Waals surface area contributed by atoms with Crippen molar-refractivity contribution in [3.8, 4) is 0 Å². The van der Waals surface area contributed by atoms with Gasteiger partial charge in [-0.2, -0.15) is 24.6 Å². The van der Waals surface area contributed by atoms with Crippen LogP contribution in [-0.2, 0) is 31.1 Å². The molecule has 8 nitrogen and oxygen atoms in total. The Balaban J connectivity index is 0.00000289. The fourth-order valence-corrected chi connectivity index (χ4v) is 8.27. The average molecular weight is 814 g/mol. The SMILES string of the molecule is [CH2-]CCN1/C(=C/C=C2\CCCC(/C=C/C3=[N+](CCCS(=O)(=O)[O-])c4cc[c-]cc4C3(C)C)=C2Cl)C(C)(C)c2cc(S(=O)(=O)[O-])ccc21.[K+].[K+].[K+]. The molecule has 0 N–H and O–H groups in total. The van der Waals surface area contributed by atoms with Crippen LogP contribution < -0.4 is 159 Å². The van der Waals surface area contributed by atoms with Crippen molar-refractivity contribution in [2.75, 3.05) is 23.7 Å². The van der Waals surface area contributed by atoms with Crippen molar-refractivity contribution in [2.45, 2.75) is 75.5 Å². The number of benzene rings is 2. The number of hydrogen-bond acceptors (Lipinski definition) is 7. The first-order chi connectivity index (χ1) is 22.0. The van der Waals surface area contributed by atoms with Gasteiger partial charge in [-0.15, -0.1) is 6.07 Å². The van der Waals surface area contributed by atoms with Crippen molar-refractivity contribution >= 4 is 48.9 Å². The van der Waals surface area contributed by atoms with Crippen LogP contribution in [0.2, 0.25) is 0 Å². The molecule has 0 saturated carbocycles. The summed E-state index contributed by atoms with van der Waals surface area (Å²) >= 11 is 7.06. The third-order valence-corrected chi connectivity index (χ3v) is 11.5. The Morgan fingerprint density at radius 2 is 1.68 bits per heavy atom. The average Bonchev–Trinajstić information content (AvgIpc) is 3.33. The summed E-state index contributed by atoms with van der Waals surface area (Å²) < 4.78 is 71.4. The molecule has 0 radical (unpaired) electrons. The van der Waals surface area contributed by atoms with Gasteiger partial charge < -0.3 is 20.9 Å². The summed E-state index contributed by atoms with van der Waals surface area (Å²) in [7, 11) is -8.92. The topological polar surface area (TPSA) is 121 Å². The maximum absolute atomic E-state index is 11.8. The van der Waals surface area contributed by atoms with Crippen LogP contribution in [0, 0.1) is 13.0 Å². The molecular formula is C36H40ClK3N2O6S2. The summed E-state index contributed by atoms with van der Waals surface area (Å²) in [6.07, 6.45) is 11.5. The van der Waals surface area contributed by atoms with Gasteiger partial charge in [-0.05, 0) is 66.8 Å². The number of halogens is 1. The number of anilines is 1. The predicted octanol–water partition coefficient (Wildman–Crippen LogP) is -2.22. The van der Waals surface area contributed by atoms with Crippen molar-refractivity contribution < 1.29 is 185 Å². The van der Waals surface area contributed by atoms with Crippen LogP contribution in [0.15, 0.2) is 87.5 Å². The Hall–Kier alpha value is 1.89. The number of rotatable bonds is 10. The molecule has 0 unspecified atom stereocenters. The van der Waals surface area contributed by atoms with Crippen LogP contribution in [0.3, 0.4) is 0 Å². The zero-order chi connectivity index (χ0) is 34.4. The first-order valence-corrected chi connectivity index (χ1v) is 19.1. The minimum atomic E-state index is -4.60. The molecular weight excluding hydrogens is 773 g/mol. The van der Waals surface area contributed by atoms with Gasteiger partial charge in [0.25, 0.3) is 0 Å². The van der Waals surface area contributed by atoms with E-state index >= 15 is 0 Å².